The van der Waals surface area contributed by atoms with Gasteiger partial charge in [-0.25, -0.2) is 8.42 Å². The number of hydrogen-bond donors (Lipinski definition) is 3. The Morgan fingerprint density at radius 3 is 2.16 bits per heavy atom. The van der Waals surface area contributed by atoms with Crippen LogP contribution in [-0.2, 0) is 10.0 Å². The third kappa shape index (κ3) is 5.40. The summed E-state index contributed by atoms with van der Waals surface area (Å²) in [4.78, 5) is 24.1. The molecule has 0 saturated heterocycles. The van der Waals surface area contributed by atoms with Gasteiger partial charge in [-0.2, -0.15) is 0 Å². The zero-order chi connectivity index (χ0) is 23.5. The Labute approximate surface area is 195 Å². The predicted molar refractivity (Wildman–Crippen MR) is 126 cm³/mol. The summed E-state index contributed by atoms with van der Waals surface area (Å²) in [5, 5.41) is 4.99. The van der Waals surface area contributed by atoms with Gasteiger partial charge in [0.05, 0.1) is 15.6 Å². The molecule has 0 aliphatic carbocycles. The Kier molecular flexibility index (Phi) is 7.08. The molecule has 166 valence electrons. The standard InChI is InChI=1S/C22H19Cl2N3O4S/c1-13-4-3-5-16(10-13)27-32(30,31)20-11-17(18(23)12-19(20)24)22(29)26-15-8-6-14(7-9-15)21(28)25-2/h3-12,27H,1-2H3,(H,25,28)(H,26,29). The van der Waals surface area contributed by atoms with Crippen molar-refractivity contribution in [3.63, 3.8) is 0 Å². The third-order valence-corrected chi connectivity index (χ3v) is 6.62. The number of anilines is 2. The summed E-state index contributed by atoms with van der Waals surface area (Å²) < 4.78 is 28.2. The van der Waals surface area contributed by atoms with Gasteiger partial charge < -0.3 is 10.6 Å². The van der Waals surface area contributed by atoms with Gasteiger partial charge in [-0.3, -0.25) is 14.3 Å². The fourth-order valence-electron chi connectivity index (χ4n) is 2.88. The van der Waals surface area contributed by atoms with Crippen molar-refractivity contribution in [3.05, 3.63) is 87.4 Å². The summed E-state index contributed by atoms with van der Waals surface area (Å²) in [6.45, 7) is 1.83. The molecule has 2 amide bonds. The molecule has 0 aromatic heterocycles. The van der Waals surface area contributed by atoms with Crippen molar-refractivity contribution in [1.29, 1.82) is 0 Å². The Morgan fingerprint density at radius 1 is 0.844 bits per heavy atom. The van der Waals surface area contributed by atoms with E-state index >= 15 is 0 Å². The molecule has 0 radical (unpaired) electrons. The maximum Gasteiger partial charge on any atom is 0.263 e. The van der Waals surface area contributed by atoms with Crippen LogP contribution in [0, 0.1) is 6.92 Å². The zero-order valence-electron chi connectivity index (χ0n) is 17.1. The molecule has 3 rings (SSSR count). The molecule has 0 saturated carbocycles. The van der Waals surface area contributed by atoms with E-state index in [2.05, 4.69) is 15.4 Å². The van der Waals surface area contributed by atoms with Gasteiger partial charge in [-0.05, 0) is 61.0 Å². The van der Waals surface area contributed by atoms with E-state index in [0.29, 0.717) is 16.9 Å². The van der Waals surface area contributed by atoms with E-state index in [9.17, 15) is 18.0 Å². The van der Waals surface area contributed by atoms with Crippen LogP contribution in [0.15, 0.2) is 65.6 Å². The van der Waals surface area contributed by atoms with Crippen LogP contribution < -0.4 is 15.4 Å². The largest absolute Gasteiger partial charge is 0.355 e. The number of aryl methyl sites for hydroxylation is 1. The Morgan fingerprint density at radius 2 is 1.53 bits per heavy atom. The molecule has 0 unspecified atom stereocenters. The lowest BCUT2D eigenvalue weighted by Gasteiger charge is -2.13. The molecule has 0 fully saturated rings. The van der Waals surface area contributed by atoms with Crippen LogP contribution in [0.4, 0.5) is 11.4 Å². The van der Waals surface area contributed by atoms with E-state index in [4.69, 9.17) is 23.2 Å². The molecule has 0 aliphatic heterocycles. The second-order valence-electron chi connectivity index (χ2n) is 6.85. The Balaban J connectivity index is 1.88. The van der Waals surface area contributed by atoms with Crippen molar-refractivity contribution in [1.82, 2.24) is 5.32 Å². The summed E-state index contributed by atoms with van der Waals surface area (Å²) in [5.74, 6) is -0.897. The summed E-state index contributed by atoms with van der Waals surface area (Å²) in [5.41, 5.74) is 1.98. The lowest BCUT2D eigenvalue weighted by atomic mass is 10.1. The summed E-state index contributed by atoms with van der Waals surface area (Å²) in [6.07, 6.45) is 0. The first-order valence-corrected chi connectivity index (χ1v) is 11.6. The van der Waals surface area contributed by atoms with Crippen LogP contribution in [-0.4, -0.2) is 27.3 Å². The maximum absolute atomic E-state index is 12.9. The van der Waals surface area contributed by atoms with E-state index in [-0.39, 0.29) is 26.4 Å². The van der Waals surface area contributed by atoms with Crippen molar-refractivity contribution in [2.45, 2.75) is 11.8 Å². The first-order chi connectivity index (χ1) is 15.1. The van der Waals surface area contributed by atoms with Crippen LogP contribution in [0.1, 0.15) is 26.3 Å². The molecule has 0 atom stereocenters. The van der Waals surface area contributed by atoms with Crippen molar-refractivity contribution in [3.8, 4) is 0 Å². The molecule has 32 heavy (non-hydrogen) atoms. The summed E-state index contributed by atoms with van der Waals surface area (Å²) >= 11 is 12.3. The molecular weight excluding hydrogens is 473 g/mol. The van der Waals surface area contributed by atoms with E-state index in [1.807, 2.05) is 13.0 Å². The number of sulfonamides is 1. The number of benzene rings is 3. The number of nitrogens with one attached hydrogen (secondary N) is 3. The molecule has 0 aliphatic rings. The van der Waals surface area contributed by atoms with E-state index in [1.165, 1.54) is 13.1 Å². The highest BCUT2D eigenvalue weighted by Gasteiger charge is 2.23. The number of halogens is 2. The molecule has 0 heterocycles. The van der Waals surface area contributed by atoms with Gasteiger partial charge in [0, 0.05) is 24.0 Å². The van der Waals surface area contributed by atoms with Crippen molar-refractivity contribution < 1.29 is 18.0 Å². The van der Waals surface area contributed by atoms with E-state index in [1.54, 1.807) is 42.5 Å². The second-order valence-corrected chi connectivity index (χ2v) is 9.31. The van der Waals surface area contributed by atoms with Gasteiger partial charge in [0.2, 0.25) is 0 Å². The van der Waals surface area contributed by atoms with Crippen molar-refractivity contribution >= 4 is 56.4 Å². The minimum Gasteiger partial charge on any atom is -0.355 e. The fourth-order valence-corrected chi connectivity index (χ4v) is 4.79. The third-order valence-electron chi connectivity index (χ3n) is 4.46. The van der Waals surface area contributed by atoms with Crippen LogP contribution >= 0.6 is 23.2 Å². The van der Waals surface area contributed by atoms with Gasteiger partial charge in [-0.1, -0.05) is 35.3 Å². The van der Waals surface area contributed by atoms with Gasteiger partial charge >= 0.3 is 0 Å². The number of amides is 2. The minimum atomic E-state index is -4.09. The van der Waals surface area contributed by atoms with E-state index < -0.39 is 15.9 Å². The van der Waals surface area contributed by atoms with Crippen LogP contribution in [0.2, 0.25) is 10.0 Å². The van der Waals surface area contributed by atoms with Gasteiger partial charge in [0.15, 0.2) is 0 Å². The summed E-state index contributed by atoms with van der Waals surface area (Å²) in [6, 6.07) is 15.3. The van der Waals surface area contributed by atoms with E-state index in [0.717, 1.165) is 11.6 Å². The predicted octanol–water partition coefficient (Wildman–Crippen LogP) is 4.71. The van der Waals surface area contributed by atoms with Crippen LogP contribution in [0.5, 0.6) is 0 Å². The second kappa shape index (κ2) is 9.60. The van der Waals surface area contributed by atoms with Gasteiger partial charge in [-0.15, -0.1) is 0 Å². The maximum atomic E-state index is 12.9. The highest BCUT2D eigenvalue weighted by molar-refractivity contribution is 7.92. The van der Waals surface area contributed by atoms with Crippen LogP contribution in [0.25, 0.3) is 0 Å². The monoisotopic (exact) mass is 491 g/mol. The average Bonchev–Trinajstić information content (AvgIpc) is 2.73. The molecule has 3 N–H and O–H groups in total. The van der Waals surface area contributed by atoms with Crippen molar-refractivity contribution in [2.75, 3.05) is 17.1 Å². The first-order valence-electron chi connectivity index (χ1n) is 9.33. The molecule has 3 aromatic carbocycles. The molecule has 0 bridgehead atoms. The molecular formula is C22H19Cl2N3O4S. The number of carbonyl (C=O) groups excluding carboxylic acids is 2. The lowest BCUT2D eigenvalue weighted by molar-refractivity contribution is 0.0962. The molecule has 7 nitrogen and oxygen atoms in total. The molecule has 3 aromatic rings. The highest BCUT2D eigenvalue weighted by atomic mass is 35.5. The average molecular weight is 492 g/mol. The smallest absolute Gasteiger partial charge is 0.263 e. The number of hydrogen-bond acceptors (Lipinski definition) is 4. The first kappa shape index (κ1) is 23.6. The fraction of sp³-hybridized carbons (Fsp3) is 0.0909. The number of rotatable bonds is 6. The topological polar surface area (TPSA) is 104 Å². The van der Waals surface area contributed by atoms with Crippen molar-refractivity contribution in [2.24, 2.45) is 0 Å². The SMILES string of the molecule is CNC(=O)c1ccc(NC(=O)c2cc(S(=O)(=O)Nc3cccc(C)c3)c(Cl)cc2Cl)cc1. The Hall–Kier alpha value is -3.07. The molecule has 10 heteroatoms. The Bertz CT molecular complexity index is 1290. The number of carbonyl (C=O) groups is 2. The highest BCUT2D eigenvalue weighted by Crippen LogP contribution is 2.30. The van der Waals surface area contributed by atoms with Gasteiger partial charge in [0.25, 0.3) is 21.8 Å². The van der Waals surface area contributed by atoms with Crippen LogP contribution in [0.3, 0.4) is 0 Å². The molecule has 0 spiro atoms. The quantitative estimate of drug-likeness (QED) is 0.464. The zero-order valence-corrected chi connectivity index (χ0v) is 19.4. The van der Waals surface area contributed by atoms with Gasteiger partial charge in [0.1, 0.15) is 4.90 Å². The summed E-state index contributed by atoms with van der Waals surface area (Å²) in [7, 11) is -2.58. The lowest BCUT2D eigenvalue weighted by Crippen LogP contribution is -2.18. The minimum absolute atomic E-state index is 0.0102. The normalized spacial score (nSPS) is 11.0.